The third-order valence-electron chi connectivity index (χ3n) is 6.25. The zero-order valence-electron chi connectivity index (χ0n) is 15.2. The molecule has 0 aromatic carbocycles. The first-order valence-corrected chi connectivity index (χ1v) is 9.99. The van der Waals surface area contributed by atoms with E-state index in [-0.39, 0.29) is 5.56 Å². The van der Waals surface area contributed by atoms with E-state index in [2.05, 4.69) is 23.7 Å². The lowest BCUT2D eigenvalue weighted by Crippen LogP contribution is -2.25. The minimum absolute atomic E-state index is 0.206. The summed E-state index contributed by atoms with van der Waals surface area (Å²) in [5.74, 6) is 7.57. The van der Waals surface area contributed by atoms with Gasteiger partial charge in [0.1, 0.15) is 0 Å². The summed E-state index contributed by atoms with van der Waals surface area (Å²) in [5.41, 5.74) is 0.206. The first kappa shape index (κ1) is 18.4. The number of pyridine rings is 1. The standard InChI is InChI=1S/C22H29F2N/c1-2-3-16-4-9-18(10-5-16)19-11-6-17(7-12-19)8-13-20-14-15-21(23)25-22(20)24/h14-19H,2-7,9-12H2,1H3/t16-,17?,18-,19?. The minimum Gasteiger partial charge on any atom is -0.189 e. The van der Waals surface area contributed by atoms with E-state index in [1.165, 1.54) is 63.5 Å². The van der Waals surface area contributed by atoms with Crippen molar-refractivity contribution in [1.29, 1.82) is 0 Å². The molecule has 2 saturated carbocycles. The van der Waals surface area contributed by atoms with Gasteiger partial charge in [-0.2, -0.15) is 13.8 Å². The largest absolute Gasteiger partial charge is 0.231 e. The molecule has 0 aliphatic heterocycles. The van der Waals surface area contributed by atoms with E-state index in [1.807, 2.05) is 0 Å². The molecule has 1 aromatic rings. The first-order chi connectivity index (χ1) is 12.2. The molecule has 0 radical (unpaired) electrons. The zero-order valence-corrected chi connectivity index (χ0v) is 15.2. The molecular formula is C22H29F2N. The predicted molar refractivity (Wildman–Crippen MR) is 96.8 cm³/mol. The number of nitrogens with zero attached hydrogens (tertiary/aromatic N) is 1. The van der Waals surface area contributed by atoms with Crippen molar-refractivity contribution in [2.45, 2.75) is 71.1 Å². The Morgan fingerprint density at radius 1 is 0.960 bits per heavy atom. The van der Waals surface area contributed by atoms with Crippen LogP contribution in [0.1, 0.15) is 76.7 Å². The van der Waals surface area contributed by atoms with Crippen LogP contribution in [0, 0.1) is 47.4 Å². The van der Waals surface area contributed by atoms with Crippen LogP contribution in [0.25, 0.3) is 0 Å². The maximum atomic E-state index is 13.5. The SMILES string of the molecule is CCC[C@H]1CC[C@H](C2CCC(C#Cc3ccc(F)nc3F)CC2)CC1. The van der Waals surface area contributed by atoms with Crippen LogP contribution in [0.2, 0.25) is 0 Å². The van der Waals surface area contributed by atoms with E-state index in [1.54, 1.807) is 0 Å². The molecule has 136 valence electrons. The maximum absolute atomic E-state index is 13.5. The lowest BCUT2D eigenvalue weighted by molar-refractivity contribution is 0.154. The molecule has 0 amide bonds. The summed E-state index contributed by atoms with van der Waals surface area (Å²) in [6.07, 6.45) is 13.2. The number of hydrogen-bond donors (Lipinski definition) is 0. The van der Waals surface area contributed by atoms with Crippen LogP contribution in [0.5, 0.6) is 0 Å². The Bertz CT molecular complexity index is 615. The second-order valence-corrected chi connectivity index (χ2v) is 7.92. The van der Waals surface area contributed by atoms with Gasteiger partial charge in [0, 0.05) is 5.92 Å². The van der Waals surface area contributed by atoms with Gasteiger partial charge in [0.15, 0.2) is 0 Å². The average molecular weight is 345 g/mol. The van der Waals surface area contributed by atoms with Crippen molar-refractivity contribution >= 4 is 0 Å². The van der Waals surface area contributed by atoms with Crippen LogP contribution in [-0.4, -0.2) is 4.98 Å². The Morgan fingerprint density at radius 2 is 1.60 bits per heavy atom. The fourth-order valence-corrected chi connectivity index (χ4v) is 4.78. The van der Waals surface area contributed by atoms with Gasteiger partial charge >= 0.3 is 0 Å². The van der Waals surface area contributed by atoms with E-state index in [9.17, 15) is 8.78 Å². The Kier molecular flexibility index (Phi) is 6.45. The highest BCUT2D eigenvalue weighted by Gasteiger charge is 2.30. The summed E-state index contributed by atoms with van der Waals surface area (Å²) in [4.78, 5) is 3.19. The highest BCUT2D eigenvalue weighted by atomic mass is 19.1. The Hall–Kier alpha value is -1.43. The van der Waals surface area contributed by atoms with Crippen molar-refractivity contribution in [3.05, 3.63) is 29.6 Å². The lowest BCUT2D eigenvalue weighted by atomic mass is 9.69. The predicted octanol–water partition coefficient (Wildman–Crippen LogP) is 6.12. The van der Waals surface area contributed by atoms with Gasteiger partial charge in [0.2, 0.25) is 11.9 Å². The molecule has 1 nitrogen and oxygen atoms in total. The van der Waals surface area contributed by atoms with Crippen molar-refractivity contribution in [2.24, 2.45) is 23.7 Å². The molecule has 2 aliphatic rings. The van der Waals surface area contributed by atoms with Gasteiger partial charge in [-0.05, 0) is 68.4 Å². The molecule has 2 aliphatic carbocycles. The second-order valence-electron chi connectivity index (χ2n) is 7.92. The Morgan fingerprint density at radius 3 is 2.20 bits per heavy atom. The summed E-state index contributed by atoms with van der Waals surface area (Å²) in [6, 6.07) is 2.55. The molecule has 0 atom stereocenters. The van der Waals surface area contributed by atoms with E-state index in [0.29, 0.717) is 5.92 Å². The molecule has 3 rings (SSSR count). The van der Waals surface area contributed by atoms with Gasteiger partial charge in [-0.1, -0.05) is 44.4 Å². The average Bonchev–Trinajstić information content (AvgIpc) is 2.62. The number of hydrogen-bond acceptors (Lipinski definition) is 1. The second kappa shape index (κ2) is 8.79. The summed E-state index contributed by atoms with van der Waals surface area (Å²) in [7, 11) is 0. The van der Waals surface area contributed by atoms with Crippen LogP contribution in [0.3, 0.4) is 0 Å². The summed E-state index contributed by atoms with van der Waals surface area (Å²) >= 11 is 0. The van der Waals surface area contributed by atoms with Gasteiger partial charge < -0.3 is 0 Å². The molecule has 0 N–H and O–H groups in total. The molecular weight excluding hydrogens is 316 g/mol. The maximum Gasteiger partial charge on any atom is 0.231 e. The van der Waals surface area contributed by atoms with Gasteiger partial charge in [0.05, 0.1) is 5.56 Å². The Balaban J connectivity index is 1.47. The number of halogens is 2. The van der Waals surface area contributed by atoms with Crippen LogP contribution in [0.15, 0.2) is 12.1 Å². The van der Waals surface area contributed by atoms with Crippen LogP contribution in [-0.2, 0) is 0 Å². The van der Waals surface area contributed by atoms with E-state index in [4.69, 9.17) is 0 Å². The highest BCUT2D eigenvalue weighted by molar-refractivity contribution is 5.33. The van der Waals surface area contributed by atoms with Crippen molar-refractivity contribution in [2.75, 3.05) is 0 Å². The fourth-order valence-electron chi connectivity index (χ4n) is 4.78. The highest BCUT2D eigenvalue weighted by Crippen LogP contribution is 2.42. The molecule has 2 fully saturated rings. The normalized spacial score (nSPS) is 29.7. The molecule has 0 spiro atoms. The van der Waals surface area contributed by atoms with Gasteiger partial charge in [0.25, 0.3) is 0 Å². The summed E-state index contributed by atoms with van der Waals surface area (Å²) in [6.45, 7) is 2.29. The first-order valence-electron chi connectivity index (χ1n) is 9.99. The van der Waals surface area contributed by atoms with Crippen molar-refractivity contribution in [1.82, 2.24) is 4.98 Å². The molecule has 25 heavy (non-hydrogen) atoms. The zero-order chi connectivity index (χ0) is 17.6. The van der Waals surface area contributed by atoms with Crippen molar-refractivity contribution in [3.8, 4) is 11.8 Å². The molecule has 1 heterocycles. The van der Waals surface area contributed by atoms with Crippen molar-refractivity contribution in [3.63, 3.8) is 0 Å². The van der Waals surface area contributed by atoms with E-state index in [0.717, 1.165) is 30.6 Å². The lowest BCUT2D eigenvalue weighted by Gasteiger charge is -2.37. The third kappa shape index (κ3) is 5.03. The Labute approximate surface area is 150 Å². The van der Waals surface area contributed by atoms with Gasteiger partial charge in [-0.15, -0.1) is 0 Å². The van der Waals surface area contributed by atoms with Gasteiger partial charge in [-0.25, -0.2) is 0 Å². The molecule has 0 bridgehead atoms. The molecule has 0 saturated heterocycles. The van der Waals surface area contributed by atoms with Crippen LogP contribution < -0.4 is 0 Å². The van der Waals surface area contributed by atoms with Crippen LogP contribution >= 0.6 is 0 Å². The topological polar surface area (TPSA) is 12.9 Å². The summed E-state index contributed by atoms with van der Waals surface area (Å²) < 4.78 is 26.4. The number of rotatable bonds is 3. The number of aromatic nitrogens is 1. The molecule has 1 aromatic heterocycles. The van der Waals surface area contributed by atoms with Gasteiger partial charge in [-0.3, -0.25) is 0 Å². The van der Waals surface area contributed by atoms with Crippen LogP contribution in [0.4, 0.5) is 8.78 Å². The minimum atomic E-state index is -0.801. The summed E-state index contributed by atoms with van der Waals surface area (Å²) in [5, 5.41) is 0. The van der Waals surface area contributed by atoms with E-state index >= 15 is 0 Å². The quantitative estimate of drug-likeness (QED) is 0.475. The molecule has 3 heteroatoms. The monoisotopic (exact) mass is 345 g/mol. The molecule has 0 unspecified atom stereocenters. The van der Waals surface area contributed by atoms with Crippen molar-refractivity contribution < 1.29 is 8.78 Å². The van der Waals surface area contributed by atoms with E-state index < -0.39 is 11.9 Å². The third-order valence-corrected chi connectivity index (χ3v) is 6.25. The smallest absolute Gasteiger partial charge is 0.189 e. The fraction of sp³-hybridized carbons (Fsp3) is 0.682.